The van der Waals surface area contributed by atoms with Crippen LogP contribution in [0.4, 0.5) is 0 Å². The minimum Gasteiger partial charge on any atom is -0.383 e. The first-order valence-corrected chi connectivity index (χ1v) is 18.0. The summed E-state index contributed by atoms with van der Waals surface area (Å²) in [5, 5.41) is 4.78. The van der Waals surface area contributed by atoms with Gasteiger partial charge in [0, 0.05) is 31.1 Å². The number of hydrogen-bond acceptors (Lipinski definition) is 10. The van der Waals surface area contributed by atoms with Crippen LogP contribution in [0.25, 0.3) is 0 Å². The molecule has 10 rings (SSSR count). The van der Waals surface area contributed by atoms with Crippen molar-refractivity contribution in [2.24, 2.45) is 52.5 Å². The largest absolute Gasteiger partial charge is 0.383 e. The molecule has 8 aliphatic heterocycles. The Morgan fingerprint density at radius 1 is 0.717 bits per heavy atom. The van der Waals surface area contributed by atoms with Gasteiger partial charge in [-0.2, -0.15) is 0 Å². The van der Waals surface area contributed by atoms with Gasteiger partial charge in [-0.05, 0) is 94.8 Å². The Morgan fingerprint density at radius 2 is 1.28 bits per heavy atom. The van der Waals surface area contributed by atoms with Gasteiger partial charge in [0.1, 0.15) is 6.10 Å². The number of rotatable bonds is 5. The molecule has 2 aliphatic carbocycles. The van der Waals surface area contributed by atoms with Gasteiger partial charge in [0.25, 0.3) is 0 Å². The van der Waals surface area contributed by atoms with Crippen LogP contribution in [0.1, 0.15) is 106 Å². The van der Waals surface area contributed by atoms with E-state index in [1.165, 1.54) is 0 Å². The van der Waals surface area contributed by atoms with E-state index >= 15 is 0 Å². The Balaban J connectivity index is 1.12. The number of nitrogens with zero attached hydrogens (tertiary/aromatic N) is 1. The summed E-state index contributed by atoms with van der Waals surface area (Å²) >= 11 is 0. The van der Waals surface area contributed by atoms with E-state index in [-0.39, 0.29) is 42.5 Å². The molecule has 0 N–H and O–H groups in total. The zero-order valence-electron chi connectivity index (χ0n) is 28.6. The quantitative estimate of drug-likeness (QED) is 0.113. The molecule has 0 radical (unpaired) electrons. The Labute approximate surface area is 273 Å². The SMILES string of the molecule is CC#CCO/N=C(/C[C@H]1O[C@@H]2O[C@]3(C)CC[C@H]4[C@H](C)CC[C@@H]([C@H]1C)C24OO3)[C@H]1O[C@@H]2O[C@]3(C)CC[C@H]4[C@H](C)CC[C@@H]([C@H]1C)C24OO3. The highest BCUT2D eigenvalue weighted by Crippen LogP contribution is 2.63. The highest BCUT2D eigenvalue weighted by Gasteiger charge is 2.71. The van der Waals surface area contributed by atoms with Crippen LogP contribution in [0.5, 0.6) is 0 Å². The van der Waals surface area contributed by atoms with Crippen LogP contribution in [0.3, 0.4) is 0 Å². The van der Waals surface area contributed by atoms with E-state index in [2.05, 4.69) is 39.5 Å². The van der Waals surface area contributed by atoms with Crippen LogP contribution in [-0.2, 0) is 43.3 Å². The maximum atomic E-state index is 7.03. The van der Waals surface area contributed by atoms with E-state index in [4.69, 9.17) is 48.5 Å². The summed E-state index contributed by atoms with van der Waals surface area (Å²) in [6, 6.07) is 0. The number of ether oxygens (including phenoxy) is 4. The van der Waals surface area contributed by atoms with E-state index in [1.807, 2.05) is 13.8 Å². The van der Waals surface area contributed by atoms with E-state index < -0.39 is 35.4 Å². The maximum absolute atomic E-state index is 7.03. The molecule has 8 heterocycles. The molecule has 0 aromatic rings. The van der Waals surface area contributed by atoms with Gasteiger partial charge >= 0.3 is 0 Å². The van der Waals surface area contributed by atoms with Gasteiger partial charge in [-0.1, -0.05) is 38.8 Å². The van der Waals surface area contributed by atoms with Gasteiger partial charge in [0.15, 0.2) is 30.4 Å². The van der Waals surface area contributed by atoms with Crippen LogP contribution in [-0.4, -0.2) is 59.9 Å². The van der Waals surface area contributed by atoms with E-state index in [0.29, 0.717) is 30.1 Å². The molecule has 2 saturated carbocycles. The summed E-state index contributed by atoms with van der Waals surface area (Å²) in [7, 11) is 0. The van der Waals surface area contributed by atoms with Gasteiger partial charge < -0.3 is 23.8 Å². The molecule has 10 aliphatic rings. The Hall–Kier alpha value is -1.29. The molecule has 0 amide bonds. The van der Waals surface area contributed by atoms with Crippen molar-refractivity contribution in [1.82, 2.24) is 0 Å². The summed E-state index contributed by atoms with van der Waals surface area (Å²) in [4.78, 5) is 30.8. The summed E-state index contributed by atoms with van der Waals surface area (Å²) in [5.74, 6) is 6.53. The topological polar surface area (TPSA) is 95.4 Å². The minimum atomic E-state index is -0.842. The molecule has 10 nitrogen and oxygen atoms in total. The predicted molar refractivity (Wildman–Crippen MR) is 165 cm³/mol. The van der Waals surface area contributed by atoms with Gasteiger partial charge in [-0.25, -0.2) is 19.6 Å². The fourth-order valence-corrected chi connectivity index (χ4v) is 11.1. The predicted octanol–water partition coefficient (Wildman–Crippen LogP) is 6.27. The highest BCUT2D eigenvalue weighted by atomic mass is 17.3. The monoisotopic (exact) mass is 643 g/mol. The lowest BCUT2D eigenvalue weighted by Gasteiger charge is -2.61. The lowest BCUT2D eigenvalue weighted by Crippen LogP contribution is -2.71. The van der Waals surface area contributed by atoms with Crippen molar-refractivity contribution in [2.45, 2.75) is 154 Å². The van der Waals surface area contributed by atoms with Crippen LogP contribution >= 0.6 is 0 Å². The first-order chi connectivity index (χ1) is 22.0. The average molecular weight is 644 g/mol. The normalized spacial score (nSPS) is 55.7. The third-order valence-electron chi connectivity index (χ3n) is 13.7. The van der Waals surface area contributed by atoms with Gasteiger partial charge in [-0.3, -0.25) is 0 Å². The molecule has 8 saturated heterocycles. The van der Waals surface area contributed by atoms with Crippen molar-refractivity contribution in [1.29, 1.82) is 0 Å². The summed E-state index contributed by atoms with van der Waals surface area (Å²) in [6.45, 7) is 15.2. The highest BCUT2D eigenvalue weighted by molar-refractivity contribution is 5.89. The van der Waals surface area contributed by atoms with E-state index in [0.717, 1.165) is 57.1 Å². The standard InChI is InChI=1S/C36H53NO9/c1-8-9-18-38-37-28(30-23(5)27-13-11-21(3)25-15-17-34(7)42-32(40-30)36(25,27)46-44-34)19-29-22(4)26-12-10-20(2)24-14-16-33(6)41-31(39-29)35(24,26)45-43-33/h20-27,29-32H,10-19H2,1-7H3/b37-28-/t20-,21-,22-,23-,24+,25+,26+,27+,29-,30+,31-,32-,33+,34+,35?,36?/m1/s1. The molecule has 10 heteroatoms. The van der Waals surface area contributed by atoms with Gasteiger partial charge in [0.2, 0.25) is 11.6 Å². The molecule has 0 aromatic carbocycles. The Morgan fingerprint density at radius 3 is 1.87 bits per heavy atom. The lowest BCUT2D eigenvalue weighted by molar-refractivity contribution is -0.571. The molecule has 2 unspecified atom stereocenters. The zero-order chi connectivity index (χ0) is 32.1. The van der Waals surface area contributed by atoms with Gasteiger partial charge in [0.05, 0.1) is 11.8 Å². The smallest absolute Gasteiger partial charge is 0.201 e. The third-order valence-corrected chi connectivity index (χ3v) is 13.7. The van der Waals surface area contributed by atoms with Crippen LogP contribution in [0.15, 0.2) is 5.16 Å². The van der Waals surface area contributed by atoms with Crippen molar-refractivity contribution < 1.29 is 43.3 Å². The Kier molecular flexibility index (Phi) is 7.90. The van der Waals surface area contributed by atoms with Crippen molar-refractivity contribution >= 4 is 5.71 Å². The number of hydrogen-bond donors (Lipinski definition) is 0. The van der Waals surface area contributed by atoms with Crippen LogP contribution in [0.2, 0.25) is 0 Å². The minimum absolute atomic E-state index is 0.0893. The molecular weight excluding hydrogens is 590 g/mol. The van der Waals surface area contributed by atoms with Crippen molar-refractivity contribution in [2.75, 3.05) is 6.61 Å². The van der Waals surface area contributed by atoms with Crippen LogP contribution < -0.4 is 0 Å². The number of fused-ring (bicyclic) bond motifs is 4. The van der Waals surface area contributed by atoms with Gasteiger partial charge in [-0.15, -0.1) is 5.92 Å². The molecule has 4 bridgehead atoms. The molecule has 10 fully saturated rings. The fourth-order valence-electron chi connectivity index (χ4n) is 11.1. The molecule has 2 spiro atoms. The summed E-state index contributed by atoms with van der Waals surface area (Å²) < 4.78 is 27.4. The second-order valence-corrected chi connectivity index (χ2v) is 16.3. The average Bonchev–Trinajstić information content (AvgIpc) is 3.40. The lowest BCUT2D eigenvalue weighted by atomic mass is 9.56. The second kappa shape index (κ2) is 11.4. The second-order valence-electron chi connectivity index (χ2n) is 16.3. The summed E-state index contributed by atoms with van der Waals surface area (Å²) in [5.41, 5.74) is -0.428. The number of oxime groups is 1. The Bertz CT molecular complexity index is 1280. The maximum Gasteiger partial charge on any atom is 0.201 e. The molecular formula is C36H53NO9. The van der Waals surface area contributed by atoms with E-state index in [1.54, 1.807) is 6.92 Å². The van der Waals surface area contributed by atoms with Crippen molar-refractivity contribution in [3.63, 3.8) is 0 Å². The molecule has 16 atom stereocenters. The first kappa shape index (κ1) is 31.9. The third kappa shape index (κ3) is 4.63. The molecule has 256 valence electrons. The summed E-state index contributed by atoms with van der Waals surface area (Å²) in [6.07, 6.45) is 6.87. The zero-order valence-corrected chi connectivity index (χ0v) is 28.6. The fraction of sp³-hybridized carbons (Fsp3) is 0.917. The molecule has 46 heavy (non-hydrogen) atoms. The van der Waals surface area contributed by atoms with E-state index in [9.17, 15) is 0 Å². The van der Waals surface area contributed by atoms with Crippen molar-refractivity contribution in [3.05, 3.63) is 0 Å². The molecule has 0 aromatic heterocycles. The van der Waals surface area contributed by atoms with Crippen molar-refractivity contribution in [3.8, 4) is 11.8 Å². The van der Waals surface area contributed by atoms with Crippen LogP contribution in [0, 0.1) is 59.2 Å². The first-order valence-electron chi connectivity index (χ1n) is 18.0.